The molecule has 98 valence electrons. The molecular formula is C13H19N3O2. The van der Waals surface area contributed by atoms with Crippen LogP contribution in [0.2, 0.25) is 0 Å². The number of anilines is 2. The first-order valence-corrected chi connectivity index (χ1v) is 5.88. The number of carbonyl (C=O) groups is 2. The van der Waals surface area contributed by atoms with Crippen LogP contribution in [0.5, 0.6) is 0 Å². The van der Waals surface area contributed by atoms with Crippen LogP contribution in [0.15, 0.2) is 24.3 Å². The van der Waals surface area contributed by atoms with Gasteiger partial charge in [0.1, 0.15) is 0 Å². The van der Waals surface area contributed by atoms with Crippen molar-refractivity contribution in [2.75, 3.05) is 24.2 Å². The van der Waals surface area contributed by atoms with Crippen LogP contribution in [0.1, 0.15) is 13.8 Å². The molecule has 0 aliphatic heterocycles. The fraction of sp³-hybridized carbons (Fsp3) is 0.385. The molecule has 0 aromatic heterocycles. The van der Waals surface area contributed by atoms with Gasteiger partial charge in [-0.3, -0.25) is 9.59 Å². The van der Waals surface area contributed by atoms with Gasteiger partial charge in [0.15, 0.2) is 0 Å². The number of likely N-dealkylation sites (N-methyl/N-ethyl adjacent to an activating group) is 1. The van der Waals surface area contributed by atoms with Gasteiger partial charge in [-0.2, -0.15) is 0 Å². The van der Waals surface area contributed by atoms with Crippen LogP contribution >= 0.6 is 0 Å². The lowest BCUT2D eigenvalue weighted by Gasteiger charge is -2.09. The number of hydrogen-bond donors (Lipinski definition) is 3. The highest BCUT2D eigenvalue weighted by Gasteiger charge is 2.07. The molecule has 0 aliphatic carbocycles. The average molecular weight is 249 g/mol. The molecule has 0 radical (unpaired) electrons. The lowest BCUT2D eigenvalue weighted by atomic mass is 10.2. The molecule has 1 aromatic rings. The minimum atomic E-state index is -0.100. The van der Waals surface area contributed by atoms with Crippen LogP contribution in [0.25, 0.3) is 0 Å². The molecule has 1 rings (SSSR count). The predicted octanol–water partition coefficient (Wildman–Crippen LogP) is 1.44. The molecule has 0 bridgehead atoms. The van der Waals surface area contributed by atoms with E-state index < -0.39 is 0 Å². The minimum Gasteiger partial charge on any atom is -0.326 e. The standard InChI is InChI=1S/C13H19N3O2/c1-9(2)13(18)16-11-6-4-10(5-7-11)15-12(17)8-14-3/h4-7,9,14H,8H2,1-3H3,(H,15,17)(H,16,18). The SMILES string of the molecule is CNCC(=O)Nc1ccc(NC(=O)C(C)C)cc1. The summed E-state index contributed by atoms with van der Waals surface area (Å²) >= 11 is 0. The average Bonchev–Trinajstić information content (AvgIpc) is 2.31. The summed E-state index contributed by atoms with van der Waals surface area (Å²) in [5, 5.41) is 8.28. The molecule has 2 amide bonds. The van der Waals surface area contributed by atoms with Crippen LogP contribution < -0.4 is 16.0 Å². The lowest BCUT2D eigenvalue weighted by molar-refractivity contribution is -0.119. The Morgan fingerprint density at radius 1 is 1.06 bits per heavy atom. The van der Waals surface area contributed by atoms with E-state index in [9.17, 15) is 9.59 Å². The molecule has 5 heteroatoms. The summed E-state index contributed by atoms with van der Waals surface area (Å²) in [5.74, 6) is -0.182. The molecular weight excluding hydrogens is 230 g/mol. The van der Waals surface area contributed by atoms with Crippen molar-refractivity contribution in [3.05, 3.63) is 24.3 Å². The topological polar surface area (TPSA) is 70.2 Å². The zero-order chi connectivity index (χ0) is 13.5. The van der Waals surface area contributed by atoms with Gasteiger partial charge in [0, 0.05) is 17.3 Å². The van der Waals surface area contributed by atoms with Gasteiger partial charge in [0.05, 0.1) is 6.54 Å². The summed E-state index contributed by atoms with van der Waals surface area (Å²) in [6.45, 7) is 3.94. The summed E-state index contributed by atoms with van der Waals surface area (Å²) in [7, 11) is 1.71. The van der Waals surface area contributed by atoms with Crippen molar-refractivity contribution >= 4 is 23.2 Å². The Hall–Kier alpha value is -1.88. The first kappa shape index (κ1) is 14.2. The van der Waals surface area contributed by atoms with Gasteiger partial charge in [0.2, 0.25) is 11.8 Å². The van der Waals surface area contributed by atoms with Crippen LogP contribution in [0.4, 0.5) is 11.4 Å². The minimum absolute atomic E-state index is 0.0260. The van der Waals surface area contributed by atoms with Gasteiger partial charge < -0.3 is 16.0 Å². The van der Waals surface area contributed by atoms with E-state index in [1.807, 2.05) is 13.8 Å². The van der Waals surface area contributed by atoms with Crippen LogP contribution in [-0.4, -0.2) is 25.4 Å². The Morgan fingerprint density at radius 3 is 2.00 bits per heavy atom. The van der Waals surface area contributed by atoms with Gasteiger partial charge in [-0.25, -0.2) is 0 Å². The van der Waals surface area contributed by atoms with Crippen molar-refractivity contribution in [2.45, 2.75) is 13.8 Å². The summed E-state index contributed by atoms with van der Waals surface area (Å²) < 4.78 is 0. The number of hydrogen-bond acceptors (Lipinski definition) is 3. The highest BCUT2D eigenvalue weighted by atomic mass is 16.2. The molecule has 0 fully saturated rings. The maximum absolute atomic E-state index is 11.5. The first-order valence-electron chi connectivity index (χ1n) is 5.88. The second kappa shape index (κ2) is 6.76. The number of benzene rings is 1. The van der Waals surface area contributed by atoms with Crippen molar-refractivity contribution in [2.24, 2.45) is 5.92 Å². The van der Waals surface area contributed by atoms with E-state index in [1.165, 1.54) is 0 Å². The molecule has 5 nitrogen and oxygen atoms in total. The third kappa shape index (κ3) is 4.55. The van der Waals surface area contributed by atoms with Gasteiger partial charge in [-0.1, -0.05) is 13.8 Å². The maximum atomic E-state index is 11.5. The number of carbonyl (C=O) groups excluding carboxylic acids is 2. The van der Waals surface area contributed by atoms with E-state index in [0.29, 0.717) is 5.69 Å². The fourth-order valence-electron chi connectivity index (χ4n) is 1.29. The highest BCUT2D eigenvalue weighted by molar-refractivity contribution is 5.94. The Balaban J connectivity index is 2.57. The Labute approximate surface area is 107 Å². The fourth-order valence-corrected chi connectivity index (χ4v) is 1.29. The third-order valence-electron chi connectivity index (χ3n) is 2.30. The zero-order valence-corrected chi connectivity index (χ0v) is 10.9. The van der Waals surface area contributed by atoms with E-state index >= 15 is 0 Å². The molecule has 0 heterocycles. The summed E-state index contributed by atoms with van der Waals surface area (Å²) in [4.78, 5) is 22.8. The van der Waals surface area contributed by atoms with Gasteiger partial charge >= 0.3 is 0 Å². The maximum Gasteiger partial charge on any atom is 0.238 e. The van der Waals surface area contributed by atoms with Crippen LogP contribution in [0, 0.1) is 5.92 Å². The van der Waals surface area contributed by atoms with Crippen molar-refractivity contribution in [1.82, 2.24) is 5.32 Å². The van der Waals surface area contributed by atoms with Crippen molar-refractivity contribution in [3.8, 4) is 0 Å². The smallest absolute Gasteiger partial charge is 0.238 e. The molecule has 0 aliphatic rings. The van der Waals surface area contributed by atoms with Crippen LogP contribution in [-0.2, 0) is 9.59 Å². The summed E-state index contributed by atoms with van der Waals surface area (Å²) in [5.41, 5.74) is 1.43. The number of nitrogens with one attached hydrogen (secondary N) is 3. The quantitative estimate of drug-likeness (QED) is 0.739. The Kier molecular flexibility index (Phi) is 5.32. The van der Waals surface area contributed by atoms with E-state index in [0.717, 1.165) is 5.69 Å². The molecule has 0 saturated carbocycles. The predicted molar refractivity (Wildman–Crippen MR) is 72.5 cm³/mol. The largest absolute Gasteiger partial charge is 0.326 e. The van der Waals surface area contributed by atoms with E-state index in [-0.39, 0.29) is 24.3 Å². The van der Waals surface area contributed by atoms with E-state index in [2.05, 4.69) is 16.0 Å². The third-order valence-corrected chi connectivity index (χ3v) is 2.30. The van der Waals surface area contributed by atoms with Gasteiger partial charge in [-0.05, 0) is 31.3 Å². The normalized spacial score (nSPS) is 10.2. The molecule has 0 saturated heterocycles. The van der Waals surface area contributed by atoms with E-state index in [1.54, 1.807) is 31.3 Å². The second-order valence-corrected chi connectivity index (χ2v) is 4.30. The first-order chi connectivity index (χ1) is 8.52. The molecule has 3 N–H and O–H groups in total. The van der Waals surface area contributed by atoms with Gasteiger partial charge in [0.25, 0.3) is 0 Å². The molecule has 1 aromatic carbocycles. The van der Waals surface area contributed by atoms with Gasteiger partial charge in [-0.15, -0.1) is 0 Å². The molecule has 0 spiro atoms. The number of amides is 2. The summed E-state index contributed by atoms with van der Waals surface area (Å²) in [6.07, 6.45) is 0. The second-order valence-electron chi connectivity index (χ2n) is 4.30. The lowest BCUT2D eigenvalue weighted by Crippen LogP contribution is -2.25. The Bertz CT molecular complexity index is 413. The van der Waals surface area contributed by atoms with Crippen LogP contribution in [0.3, 0.4) is 0 Å². The molecule has 0 unspecified atom stereocenters. The van der Waals surface area contributed by atoms with Crippen molar-refractivity contribution in [1.29, 1.82) is 0 Å². The van der Waals surface area contributed by atoms with E-state index in [4.69, 9.17) is 0 Å². The number of rotatable bonds is 5. The molecule has 18 heavy (non-hydrogen) atoms. The molecule has 0 atom stereocenters. The van der Waals surface area contributed by atoms with Crippen molar-refractivity contribution in [3.63, 3.8) is 0 Å². The summed E-state index contributed by atoms with van der Waals surface area (Å²) in [6, 6.07) is 7.03. The Morgan fingerprint density at radius 2 is 1.56 bits per heavy atom. The van der Waals surface area contributed by atoms with Crippen molar-refractivity contribution < 1.29 is 9.59 Å². The monoisotopic (exact) mass is 249 g/mol. The highest BCUT2D eigenvalue weighted by Crippen LogP contribution is 2.14. The zero-order valence-electron chi connectivity index (χ0n) is 10.9.